The van der Waals surface area contributed by atoms with Gasteiger partial charge in [-0.25, -0.2) is 19.9 Å². The van der Waals surface area contributed by atoms with Crippen LogP contribution in [0.15, 0.2) is 152 Å². The summed E-state index contributed by atoms with van der Waals surface area (Å²) in [5, 5.41) is 3.50. The van der Waals surface area contributed by atoms with Crippen LogP contribution in [0.5, 0.6) is 0 Å². The van der Waals surface area contributed by atoms with Gasteiger partial charge in [-0.2, -0.15) is 0 Å². The number of hydrogen-bond acceptors (Lipinski definition) is 4. The van der Waals surface area contributed by atoms with Gasteiger partial charge in [0.1, 0.15) is 5.65 Å². The molecule has 3 heterocycles. The van der Waals surface area contributed by atoms with Gasteiger partial charge < -0.3 is 0 Å². The molecule has 0 fully saturated rings. The van der Waals surface area contributed by atoms with E-state index in [2.05, 4.69) is 89.3 Å². The van der Waals surface area contributed by atoms with Gasteiger partial charge in [-0.3, -0.25) is 4.40 Å². The lowest BCUT2D eigenvalue weighted by atomic mass is 9.98. The Morgan fingerprint density at radius 2 is 0.889 bits per heavy atom. The largest absolute Gasteiger partial charge is 0.292 e. The van der Waals surface area contributed by atoms with Gasteiger partial charge in [-0.15, -0.1) is 0 Å². The van der Waals surface area contributed by atoms with Crippen LogP contribution in [0, 0.1) is 0 Å². The third-order valence-corrected chi connectivity index (χ3v) is 8.41. The molecule has 0 radical (unpaired) electrons. The molecule has 6 aromatic carbocycles. The smallest absolute Gasteiger partial charge is 0.164 e. The number of fused-ring (bicyclic) bond motifs is 8. The van der Waals surface area contributed by atoms with Gasteiger partial charge in [-0.05, 0) is 52.9 Å². The van der Waals surface area contributed by atoms with Gasteiger partial charge in [0.25, 0.3) is 0 Å². The highest BCUT2D eigenvalue weighted by molar-refractivity contribution is 6.14. The van der Waals surface area contributed by atoms with Crippen LogP contribution in [-0.4, -0.2) is 24.3 Å². The van der Waals surface area contributed by atoms with Crippen LogP contribution in [0.2, 0.25) is 0 Å². The fourth-order valence-electron chi connectivity index (χ4n) is 6.26. The van der Waals surface area contributed by atoms with Crippen molar-refractivity contribution in [1.29, 1.82) is 0 Å². The zero-order valence-corrected chi connectivity index (χ0v) is 24.2. The molecule has 9 aromatic rings. The summed E-state index contributed by atoms with van der Waals surface area (Å²) in [4.78, 5) is 19.8. The van der Waals surface area contributed by atoms with Crippen LogP contribution in [-0.2, 0) is 0 Å². The summed E-state index contributed by atoms with van der Waals surface area (Å²) in [7, 11) is 0. The number of imidazole rings is 1. The normalized spacial score (nSPS) is 11.6. The lowest BCUT2D eigenvalue weighted by Crippen LogP contribution is -2.00. The number of nitrogens with zero attached hydrogens (tertiary/aromatic N) is 5. The van der Waals surface area contributed by atoms with Crippen molar-refractivity contribution in [3.05, 3.63) is 152 Å². The molecule has 0 atom stereocenters. The van der Waals surface area contributed by atoms with Crippen LogP contribution < -0.4 is 0 Å². The summed E-state index contributed by atoms with van der Waals surface area (Å²) in [6, 6.07) is 52.2. The van der Waals surface area contributed by atoms with E-state index in [-0.39, 0.29) is 0 Å². The molecule has 0 spiro atoms. The van der Waals surface area contributed by atoms with Crippen molar-refractivity contribution >= 4 is 38.4 Å². The van der Waals surface area contributed by atoms with Crippen LogP contribution in [0.4, 0.5) is 0 Å². The van der Waals surface area contributed by atoms with Crippen molar-refractivity contribution in [2.45, 2.75) is 0 Å². The maximum Gasteiger partial charge on any atom is 0.164 e. The maximum absolute atomic E-state index is 5.06. The van der Waals surface area contributed by atoms with Crippen molar-refractivity contribution in [2.24, 2.45) is 0 Å². The van der Waals surface area contributed by atoms with Crippen molar-refractivity contribution in [1.82, 2.24) is 24.3 Å². The fourth-order valence-corrected chi connectivity index (χ4v) is 6.26. The van der Waals surface area contributed by atoms with Crippen molar-refractivity contribution in [3.8, 4) is 45.3 Å². The van der Waals surface area contributed by atoms with Crippen LogP contribution in [0.25, 0.3) is 83.6 Å². The second-order valence-electron chi connectivity index (χ2n) is 11.2. The van der Waals surface area contributed by atoms with Crippen molar-refractivity contribution in [3.63, 3.8) is 0 Å². The Labute approximate surface area is 259 Å². The molecule has 0 bridgehead atoms. The molecule has 5 heteroatoms. The first-order valence-corrected chi connectivity index (χ1v) is 15.0. The van der Waals surface area contributed by atoms with E-state index < -0.39 is 0 Å². The maximum atomic E-state index is 5.06. The Kier molecular flexibility index (Phi) is 5.74. The van der Waals surface area contributed by atoms with E-state index in [0.29, 0.717) is 17.5 Å². The Bertz CT molecular complexity index is 2480. The molecule has 3 aromatic heterocycles. The number of rotatable bonds is 4. The van der Waals surface area contributed by atoms with E-state index in [9.17, 15) is 0 Å². The number of para-hydroxylation sites is 3. The Morgan fingerprint density at radius 1 is 0.333 bits per heavy atom. The van der Waals surface area contributed by atoms with Gasteiger partial charge >= 0.3 is 0 Å². The summed E-state index contributed by atoms with van der Waals surface area (Å²) in [6.45, 7) is 0. The third-order valence-electron chi connectivity index (χ3n) is 8.41. The highest BCUT2D eigenvalue weighted by Gasteiger charge is 2.16. The Morgan fingerprint density at radius 3 is 1.62 bits per heavy atom. The fraction of sp³-hybridized carbons (Fsp3) is 0. The monoisotopic (exact) mass is 575 g/mol. The van der Waals surface area contributed by atoms with E-state index >= 15 is 0 Å². The van der Waals surface area contributed by atoms with Gasteiger partial charge in [0.2, 0.25) is 0 Å². The average Bonchev–Trinajstić information content (AvgIpc) is 3.52. The van der Waals surface area contributed by atoms with Gasteiger partial charge in [0.15, 0.2) is 17.5 Å². The predicted molar refractivity (Wildman–Crippen MR) is 183 cm³/mol. The minimum Gasteiger partial charge on any atom is -0.292 e. The topological polar surface area (TPSA) is 56.0 Å². The van der Waals surface area contributed by atoms with Gasteiger partial charge in [0, 0.05) is 27.5 Å². The standard InChI is InChI=1S/C40H25N5/c1-3-12-26(13-4-1)37-42-38(27-14-5-2-6-15-27)44-39(43-37)30-17-11-16-28(24-30)29-22-23-32-33(25-29)31-18-7-9-20-35(31)45-36-21-10-8-19-34(36)41-40(32)45/h1-25H. The highest BCUT2D eigenvalue weighted by atomic mass is 15.0. The quantitative estimate of drug-likeness (QED) is 0.196. The first kappa shape index (κ1) is 25.3. The molecule has 0 aliphatic heterocycles. The molecular formula is C40H25N5. The molecule has 210 valence electrons. The summed E-state index contributed by atoms with van der Waals surface area (Å²) in [5.41, 5.74) is 9.28. The molecular weight excluding hydrogens is 550 g/mol. The Balaban J connectivity index is 1.22. The van der Waals surface area contributed by atoms with Gasteiger partial charge in [-0.1, -0.05) is 115 Å². The highest BCUT2D eigenvalue weighted by Crippen LogP contribution is 2.36. The van der Waals surface area contributed by atoms with E-state index in [1.807, 2.05) is 66.7 Å². The Hall–Kier alpha value is -6.20. The minimum absolute atomic E-state index is 0.640. The zero-order valence-electron chi connectivity index (χ0n) is 24.2. The molecule has 9 rings (SSSR count). The number of aromatic nitrogens is 5. The lowest BCUT2D eigenvalue weighted by molar-refractivity contribution is 1.07. The number of pyridine rings is 1. The van der Waals surface area contributed by atoms with Crippen molar-refractivity contribution in [2.75, 3.05) is 0 Å². The molecule has 0 saturated heterocycles. The van der Waals surface area contributed by atoms with Gasteiger partial charge in [0.05, 0.1) is 16.6 Å². The zero-order chi connectivity index (χ0) is 29.7. The average molecular weight is 576 g/mol. The summed E-state index contributed by atoms with van der Waals surface area (Å²) in [5.74, 6) is 1.94. The minimum atomic E-state index is 0.640. The van der Waals surface area contributed by atoms with Crippen molar-refractivity contribution < 1.29 is 0 Å². The van der Waals surface area contributed by atoms with E-state index in [1.54, 1.807) is 0 Å². The van der Waals surface area contributed by atoms with Crippen LogP contribution >= 0.6 is 0 Å². The summed E-state index contributed by atoms with van der Waals surface area (Å²) in [6.07, 6.45) is 0. The molecule has 45 heavy (non-hydrogen) atoms. The molecule has 0 N–H and O–H groups in total. The SMILES string of the molecule is c1ccc(-c2nc(-c3ccccc3)nc(-c3cccc(-c4ccc5c(c4)c4ccccc4n4c6ccccc6nc54)c3)n2)cc1. The predicted octanol–water partition coefficient (Wildman–Crippen LogP) is 9.65. The number of benzene rings is 6. The molecule has 5 nitrogen and oxygen atoms in total. The molecule has 0 aliphatic rings. The van der Waals surface area contributed by atoms with E-state index in [1.165, 1.54) is 10.8 Å². The second-order valence-corrected chi connectivity index (χ2v) is 11.2. The first-order valence-electron chi connectivity index (χ1n) is 15.0. The summed E-state index contributed by atoms with van der Waals surface area (Å²) >= 11 is 0. The third kappa shape index (κ3) is 4.25. The molecule has 0 unspecified atom stereocenters. The molecule has 0 aliphatic carbocycles. The molecule has 0 saturated carbocycles. The lowest BCUT2D eigenvalue weighted by Gasteiger charge is -2.12. The molecule has 0 amide bonds. The van der Waals surface area contributed by atoms with Crippen LogP contribution in [0.1, 0.15) is 0 Å². The number of hydrogen-bond donors (Lipinski definition) is 0. The summed E-state index contributed by atoms with van der Waals surface area (Å²) < 4.78 is 2.28. The van der Waals surface area contributed by atoms with Crippen LogP contribution in [0.3, 0.4) is 0 Å². The first-order chi connectivity index (χ1) is 22.3. The van der Waals surface area contributed by atoms with E-state index in [0.717, 1.165) is 55.4 Å². The second kappa shape index (κ2) is 10.2. The van der Waals surface area contributed by atoms with E-state index in [4.69, 9.17) is 19.9 Å².